The number of hydrogen-bond donors (Lipinski definition) is 1. The molecule has 1 aromatic carbocycles. The van der Waals surface area contributed by atoms with Crippen LogP contribution in [0.15, 0.2) is 55.0 Å². The minimum absolute atomic E-state index is 0.429. The Labute approximate surface area is 116 Å². The van der Waals surface area contributed by atoms with Crippen molar-refractivity contribution in [3.63, 3.8) is 0 Å². The smallest absolute Gasteiger partial charge is 0.104 e. The maximum atomic E-state index is 5.69. The van der Waals surface area contributed by atoms with Crippen molar-refractivity contribution in [1.29, 1.82) is 0 Å². The third kappa shape index (κ3) is 2.35. The van der Waals surface area contributed by atoms with Gasteiger partial charge in [0.2, 0.25) is 0 Å². The standard InChI is InChI=1S/C15H13N3S/c16-15(19)13-2-1-12-5-8-18(14(12)9-13)10-11-3-6-17-7-4-11/h1-9H,10H2,(H2,16,19). The normalized spacial score (nSPS) is 10.7. The van der Waals surface area contributed by atoms with Gasteiger partial charge in [-0.25, -0.2) is 0 Å². The van der Waals surface area contributed by atoms with Gasteiger partial charge in [0.05, 0.1) is 0 Å². The molecular formula is C15H13N3S. The lowest BCUT2D eigenvalue weighted by Gasteiger charge is -2.06. The summed E-state index contributed by atoms with van der Waals surface area (Å²) in [7, 11) is 0. The van der Waals surface area contributed by atoms with E-state index in [1.807, 2.05) is 42.7 Å². The van der Waals surface area contributed by atoms with Gasteiger partial charge in [-0.2, -0.15) is 0 Å². The molecule has 2 aromatic heterocycles. The molecular weight excluding hydrogens is 254 g/mol. The zero-order valence-corrected chi connectivity index (χ0v) is 11.1. The Kier molecular flexibility index (Phi) is 3.01. The second-order valence-electron chi connectivity index (χ2n) is 4.44. The Bertz CT molecular complexity index is 731. The molecule has 0 bridgehead atoms. The summed E-state index contributed by atoms with van der Waals surface area (Å²) in [6, 6.07) is 12.2. The highest BCUT2D eigenvalue weighted by atomic mass is 32.1. The first-order chi connectivity index (χ1) is 9.24. The molecule has 0 spiro atoms. The second kappa shape index (κ2) is 4.82. The number of benzene rings is 1. The third-order valence-electron chi connectivity index (χ3n) is 3.16. The monoisotopic (exact) mass is 267 g/mol. The van der Waals surface area contributed by atoms with E-state index in [2.05, 4.69) is 21.8 Å². The highest BCUT2D eigenvalue weighted by Gasteiger charge is 2.04. The number of thiocarbonyl (C=S) groups is 1. The van der Waals surface area contributed by atoms with Crippen LogP contribution in [0.1, 0.15) is 11.1 Å². The van der Waals surface area contributed by atoms with Crippen LogP contribution in [0.25, 0.3) is 10.9 Å². The minimum Gasteiger partial charge on any atom is -0.389 e. The van der Waals surface area contributed by atoms with Gasteiger partial charge in [-0.1, -0.05) is 24.4 Å². The summed E-state index contributed by atoms with van der Waals surface area (Å²) in [5.74, 6) is 0. The molecule has 3 nitrogen and oxygen atoms in total. The highest BCUT2D eigenvalue weighted by Crippen LogP contribution is 2.19. The molecule has 3 rings (SSSR count). The van der Waals surface area contributed by atoms with Crippen LogP contribution in [0.4, 0.5) is 0 Å². The van der Waals surface area contributed by atoms with Crippen LogP contribution in [0.3, 0.4) is 0 Å². The van der Waals surface area contributed by atoms with Gasteiger partial charge in [-0.05, 0) is 35.2 Å². The van der Waals surface area contributed by atoms with E-state index in [-0.39, 0.29) is 0 Å². The van der Waals surface area contributed by atoms with Crippen molar-refractivity contribution in [1.82, 2.24) is 9.55 Å². The zero-order valence-electron chi connectivity index (χ0n) is 10.3. The fourth-order valence-electron chi connectivity index (χ4n) is 2.16. The fourth-order valence-corrected chi connectivity index (χ4v) is 2.29. The first-order valence-electron chi connectivity index (χ1n) is 6.01. The van der Waals surface area contributed by atoms with Gasteiger partial charge in [0.15, 0.2) is 0 Å². The Morgan fingerprint density at radius 1 is 1.16 bits per heavy atom. The van der Waals surface area contributed by atoms with Crippen LogP contribution in [0, 0.1) is 0 Å². The molecule has 0 atom stereocenters. The van der Waals surface area contributed by atoms with Gasteiger partial charge in [0, 0.05) is 36.2 Å². The summed E-state index contributed by atoms with van der Waals surface area (Å²) in [6.45, 7) is 0.812. The maximum absolute atomic E-state index is 5.69. The van der Waals surface area contributed by atoms with Crippen LogP contribution in [0.2, 0.25) is 0 Å². The van der Waals surface area contributed by atoms with Crippen molar-refractivity contribution in [2.75, 3.05) is 0 Å². The Hall–Kier alpha value is -2.20. The third-order valence-corrected chi connectivity index (χ3v) is 3.40. The topological polar surface area (TPSA) is 43.8 Å². The number of pyridine rings is 1. The number of hydrogen-bond acceptors (Lipinski definition) is 2. The number of fused-ring (bicyclic) bond motifs is 1. The van der Waals surface area contributed by atoms with Crippen molar-refractivity contribution >= 4 is 28.1 Å². The van der Waals surface area contributed by atoms with Gasteiger partial charge >= 0.3 is 0 Å². The summed E-state index contributed by atoms with van der Waals surface area (Å²) in [4.78, 5) is 4.46. The predicted octanol–water partition coefficient (Wildman–Crippen LogP) is 2.72. The fraction of sp³-hybridized carbons (Fsp3) is 0.0667. The molecule has 94 valence electrons. The van der Waals surface area contributed by atoms with E-state index in [1.165, 1.54) is 10.9 Å². The van der Waals surface area contributed by atoms with Crippen LogP contribution in [-0.4, -0.2) is 14.5 Å². The zero-order chi connectivity index (χ0) is 13.2. The van der Waals surface area contributed by atoms with Gasteiger partial charge in [0.1, 0.15) is 4.99 Å². The molecule has 2 N–H and O–H groups in total. The van der Waals surface area contributed by atoms with Crippen LogP contribution >= 0.6 is 12.2 Å². The molecule has 0 radical (unpaired) electrons. The average Bonchev–Trinajstić information content (AvgIpc) is 2.82. The largest absolute Gasteiger partial charge is 0.389 e. The first kappa shape index (κ1) is 11.9. The predicted molar refractivity (Wildman–Crippen MR) is 81.2 cm³/mol. The molecule has 0 aliphatic heterocycles. The van der Waals surface area contributed by atoms with Crippen molar-refractivity contribution in [3.05, 3.63) is 66.1 Å². The number of nitrogens with zero attached hydrogens (tertiary/aromatic N) is 2. The van der Waals surface area contributed by atoms with E-state index < -0.39 is 0 Å². The van der Waals surface area contributed by atoms with Crippen LogP contribution in [0.5, 0.6) is 0 Å². The Balaban J connectivity index is 2.04. The lowest BCUT2D eigenvalue weighted by atomic mass is 10.1. The Morgan fingerprint density at radius 3 is 2.68 bits per heavy atom. The van der Waals surface area contributed by atoms with Gasteiger partial charge in [-0.15, -0.1) is 0 Å². The van der Waals surface area contributed by atoms with Gasteiger partial charge in [-0.3, -0.25) is 4.98 Å². The molecule has 19 heavy (non-hydrogen) atoms. The summed E-state index contributed by atoms with van der Waals surface area (Å²) in [6.07, 6.45) is 5.69. The Morgan fingerprint density at radius 2 is 1.95 bits per heavy atom. The summed E-state index contributed by atoms with van der Waals surface area (Å²) < 4.78 is 2.19. The van der Waals surface area contributed by atoms with E-state index >= 15 is 0 Å². The molecule has 0 saturated carbocycles. The average molecular weight is 267 g/mol. The number of nitrogens with two attached hydrogens (primary N) is 1. The van der Waals surface area contributed by atoms with E-state index in [1.54, 1.807) is 0 Å². The summed E-state index contributed by atoms with van der Waals surface area (Å²) >= 11 is 5.03. The van der Waals surface area contributed by atoms with Crippen LogP contribution in [-0.2, 0) is 6.54 Å². The van der Waals surface area contributed by atoms with Crippen molar-refractivity contribution in [2.45, 2.75) is 6.54 Å². The first-order valence-corrected chi connectivity index (χ1v) is 6.42. The molecule has 0 saturated heterocycles. The number of aromatic nitrogens is 2. The molecule has 0 unspecified atom stereocenters. The van der Waals surface area contributed by atoms with Crippen molar-refractivity contribution in [3.8, 4) is 0 Å². The van der Waals surface area contributed by atoms with E-state index in [0.717, 1.165) is 17.6 Å². The summed E-state index contributed by atoms with van der Waals surface area (Å²) in [5.41, 5.74) is 8.95. The molecule has 2 heterocycles. The van der Waals surface area contributed by atoms with Crippen molar-refractivity contribution < 1.29 is 0 Å². The second-order valence-corrected chi connectivity index (χ2v) is 4.88. The number of rotatable bonds is 3. The van der Waals surface area contributed by atoms with Gasteiger partial charge < -0.3 is 10.3 Å². The lowest BCUT2D eigenvalue weighted by molar-refractivity contribution is 0.834. The van der Waals surface area contributed by atoms with E-state index in [4.69, 9.17) is 18.0 Å². The molecule has 0 fully saturated rings. The lowest BCUT2D eigenvalue weighted by Crippen LogP contribution is -2.09. The quantitative estimate of drug-likeness (QED) is 0.742. The van der Waals surface area contributed by atoms with Gasteiger partial charge in [0.25, 0.3) is 0 Å². The van der Waals surface area contributed by atoms with E-state index in [9.17, 15) is 0 Å². The van der Waals surface area contributed by atoms with Crippen molar-refractivity contribution in [2.24, 2.45) is 5.73 Å². The molecule has 0 aliphatic carbocycles. The minimum atomic E-state index is 0.429. The SMILES string of the molecule is NC(=S)c1ccc2ccn(Cc3ccncc3)c2c1. The van der Waals surface area contributed by atoms with E-state index in [0.29, 0.717) is 4.99 Å². The molecule has 0 aliphatic rings. The maximum Gasteiger partial charge on any atom is 0.104 e. The van der Waals surface area contributed by atoms with Crippen LogP contribution < -0.4 is 5.73 Å². The molecule has 0 amide bonds. The summed E-state index contributed by atoms with van der Waals surface area (Å²) in [5, 5.41) is 1.19. The highest BCUT2D eigenvalue weighted by molar-refractivity contribution is 7.80. The molecule has 4 heteroatoms. The molecule has 3 aromatic rings.